The van der Waals surface area contributed by atoms with Gasteiger partial charge in [0.25, 0.3) is 0 Å². The molecule has 0 N–H and O–H groups in total. The van der Waals surface area contributed by atoms with Crippen LogP contribution in [0.25, 0.3) is 11.4 Å². The minimum atomic E-state index is -4.47. The van der Waals surface area contributed by atoms with Gasteiger partial charge in [-0.15, -0.1) is 11.6 Å². The largest absolute Gasteiger partial charge is 0.435 e. The van der Waals surface area contributed by atoms with Crippen LogP contribution in [0.15, 0.2) is 24.3 Å². The summed E-state index contributed by atoms with van der Waals surface area (Å²) in [5.74, 6) is 0.186. The number of nitrogens with zero attached hydrogens (tertiary/aromatic N) is 2. The molecule has 0 unspecified atom stereocenters. The molecule has 0 spiro atoms. The van der Waals surface area contributed by atoms with Gasteiger partial charge in [-0.05, 0) is 18.4 Å². The molecule has 2 heterocycles. The second kappa shape index (κ2) is 4.81. The van der Waals surface area contributed by atoms with E-state index in [4.69, 9.17) is 11.6 Å². The zero-order valence-corrected chi connectivity index (χ0v) is 11.3. The van der Waals surface area contributed by atoms with E-state index in [0.717, 1.165) is 24.0 Å². The summed E-state index contributed by atoms with van der Waals surface area (Å²) in [7, 11) is 0. The van der Waals surface area contributed by atoms with E-state index in [-0.39, 0.29) is 11.6 Å². The number of halogens is 4. The third-order valence-electron chi connectivity index (χ3n) is 3.55. The van der Waals surface area contributed by atoms with E-state index in [0.29, 0.717) is 12.4 Å². The lowest BCUT2D eigenvalue weighted by molar-refractivity contribution is -0.141. The van der Waals surface area contributed by atoms with E-state index in [1.807, 2.05) is 24.3 Å². The minimum Gasteiger partial charge on any atom is -0.326 e. The van der Waals surface area contributed by atoms with Crippen molar-refractivity contribution in [2.75, 3.05) is 0 Å². The molecular weight excluding hydrogens is 289 g/mol. The summed E-state index contributed by atoms with van der Waals surface area (Å²) in [5.41, 5.74) is 1.00. The smallest absolute Gasteiger partial charge is 0.326 e. The number of aryl methyl sites for hydroxylation is 1. The van der Waals surface area contributed by atoms with Crippen molar-refractivity contribution in [2.24, 2.45) is 0 Å². The molecule has 6 heteroatoms. The molecule has 1 aromatic carbocycles. The molecule has 0 atom stereocenters. The average molecular weight is 301 g/mol. The van der Waals surface area contributed by atoms with Crippen molar-refractivity contribution in [3.8, 4) is 11.4 Å². The number of imidazole rings is 1. The number of rotatable bonds is 1. The van der Waals surface area contributed by atoms with Gasteiger partial charge in [-0.3, -0.25) is 0 Å². The summed E-state index contributed by atoms with van der Waals surface area (Å²) in [5, 5.41) is 0. The number of hydrogen-bond acceptors (Lipinski definition) is 1. The molecule has 0 amide bonds. The number of hydrogen-bond donors (Lipinski definition) is 0. The Bertz CT molecular complexity index is 646. The summed E-state index contributed by atoms with van der Waals surface area (Å²) in [6, 6.07) is 7.46. The summed E-state index contributed by atoms with van der Waals surface area (Å²) < 4.78 is 40.8. The quantitative estimate of drug-likeness (QED) is 0.720. The second-order valence-corrected chi connectivity index (χ2v) is 5.04. The Labute approximate surface area is 119 Å². The maximum atomic E-state index is 13.1. The maximum Gasteiger partial charge on any atom is 0.435 e. The monoisotopic (exact) mass is 300 g/mol. The number of alkyl halides is 4. The molecule has 0 saturated carbocycles. The Balaban J connectivity index is 2.27. The molecule has 2 aromatic rings. The predicted octanol–water partition coefficient (Wildman–Crippen LogP) is 4.25. The molecule has 0 fully saturated rings. The van der Waals surface area contributed by atoms with Gasteiger partial charge in [0.05, 0.1) is 11.6 Å². The first-order valence-corrected chi connectivity index (χ1v) is 6.86. The molecule has 3 rings (SSSR count). The van der Waals surface area contributed by atoms with Crippen LogP contribution >= 0.6 is 11.6 Å². The molecule has 0 bridgehead atoms. The highest BCUT2D eigenvalue weighted by atomic mass is 35.5. The van der Waals surface area contributed by atoms with Gasteiger partial charge in [-0.2, -0.15) is 13.2 Å². The molecule has 1 aliphatic rings. The third kappa shape index (κ3) is 2.10. The zero-order chi connectivity index (χ0) is 14.3. The van der Waals surface area contributed by atoms with Crippen LogP contribution < -0.4 is 0 Å². The van der Waals surface area contributed by atoms with Crippen LogP contribution in [0.1, 0.15) is 23.4 Å². The molecule has 1 aliphatic heterocycles. The fourth-order valence-corrected chi connectivity index (χ4v) is 2.95. The second-order valence-electron chi connectivity index (χ2n) is 4.77. The minimum absolute atomic E-state index is 0.0610. The van der Waals surface area contributed by atoms with Crippen LogP contribution in [0.4, 0.5) is 13.2 Å². The number of aromatic nitrogens is 2. The first kappa shape index (κ1) is 13.5. The van der Waals surface area contributed by atoms with Gasteiger partial charge in [-0.25, -0.2) is 4.98 Å². The lowest BCUT2D eigenvalue weighted by Crippen LogP contribution is -2.11. The lowest BCUT2D eigenvalue weighted by atomic mass is 10.0. The topological polar surface area (TPSA) is 17.8 Å². The Morgan fingerprint density at radius 2 is 2.00 bits per heavy atom. The Hall–Kier alpha value is -1.49. The molecular formula is C14H12ClF3N2. The summed E-state index contributed by atoms with van der Waals surface area (Å²) >= 11 is 5.74. The van der Waals surface area contributed by atoms with Gasteiger partial charge in [0.15, 0.2) is 5.69 Å². The Kier molecular flexibility index (Phi) is 3.24. The van der Waals surface area contributed by atoms with Crippen molar-refractivity contribution < 1.29 is 13.2 Å². The van der Waals surface area contributed by atoms with Crippen molar-refractivity contribution in [1.82, 2.24) is 9.55 Å². The van der Waals surface area contributed by atoms with Gasteiger partial charge >= 0.3 is 6.18 Å². The third-order valence-corrected chi connectivity index (χ3v) is 3.81. The van der Waals surface area contributed by atoms with Crippen molar-refractivity contribution in [2.45, 2.75) is 31.4 Å². The van der Waals surface area contributed by atoms with Crippen molar-refractivity contribution in [3.63, 3.8) is 0 Å². The highest BCUT2D eigenvalue weighted by Crippen LogP contribution is 2.37. The van der Waals surface area contributed by atoms with Crippen LogP contribution in [0.2, 0.25) is 0 Å². The van der Waals surface area contributed by atoms with Gasteiger partial charge in [0, 0.05) is 12.1 Å². The molecule has 20 heavy (non-hydrogen) atoms. The first-order valence-electron chi connectivity index (χ1n) is 6.33. The highest BCUT2D eigenvalue weighted by molar-refractivity contribution is 6.17. The van der Waals surface area contributed by atoms with Crippen LogP contribution in [0, 0.1) is 0 Å². The zero-order valence-electron chi connectivity index (χ0n) is 10.5. The van der Waals surface area contributed by atoms with Gasteiger partial charge in [-0.1, -0.05) is 24.3 Å². The van der Waals surface area contributed by atoms with E-state index in [1.165, 1.54) is 0 Å². The van der Waals surface area contributed by atoms with E-state index in [1.54, 1.807) is 4.57 Å². The van der Waals surface area contributed by atoms with Crippen LogP contribution in [0.3, 0.4) is 0 Å². The fraction of sp³-hybridized carbons (Fsp3) is 0.357. The number of fused-ring (bicyclic) bond motifs is 3. The number of benzene rings is 1. The van der Waals surface area contributed by atoms with Crippen molar-refractivity contribution >= 4 is 11.6 Å². The van der Waals surface area contributed by atoms with Gasteiger partial charge < -0.3 is 4.57 Å². The van der Waals surface area contributed by atoms with E-state index < -0.39 is 11.9 Å². The molecule has 0 radical (unpaired) electrons. The van der Waals surface area contributed by atoms with Crippen LogP contribution in [-0.2, 0) is 25.0 Å². The predicted molar refractivity (Wildman–Crippen MR) is 70.5 cm³/mol. The van der Waals surface area contributed by atoms with E-state index >= 15 is 0 Å². The summed E-state index contributed by atoms with van der Waals surface area (Å²) in [6.07, 6.45) is -2.86. The molecule has 1 aromatic heterocycles. The van der Waals surface area contributed by atoms with Crippen LogP contribution in [0.5, 0.6) is 0 Å². The standard InChI is InChI=1S/C14H12ClF3N2/c15-8-11-12(14(16,17)18)19-13-10-6-2-1-4-9(10)5-3-7-20(11)13/h1-2,4,6H,3,5,7-8H2. The maximum absolute atomic E-state index is 13.1. The molecule has 2 nitrogen and oxygen atoms in total. The van der Waals surface area contributed by atoms with E-state index in [2.05, 4.69) is 4.98 Å². The summed E-state index contributed by atoms with van der Waals surface area (Å²) in [4.78, 5) is 3.85. The Morgan fingerprint density at radius 1 is 1.25 bits per heavy atom. The van der Waals surface area contributed by atoms with Crippen LogP contribution in [-0.4, -0.2) is 9.55 Å². The normalized spacial score (nSPS) is 14.6. The molecule has 0 aliphatic carbocycles. The molecule has 106 valence electrons. The van der Waals surface area contributed by atoms with Gasteiger partial charge in [0.2, 0.25) is 0 Å². The highest BCUT2D eigenvalue weighted by Gasteiger charge is 2.39. The Morgan fingerprint density at radius 3 is 2.70 bits per heavy atom. The van der Waals surface area contributed by atoms with Crippen molar-refractivity contribution in [1.29, 1.82) is 0 Å². The van der Waals surface area contributed by atoms with Crippen molar-refractivity contribution in [3.05, 3.63) is 41.2 Å². The SMILES string of the molecule is FC(F)(F)c1nc2n(c1CCl)CCCc1ccccc1-2. The fourth-order valence-electron chi connectivity index (χ4n) is 2.68. The van der Waals surface area contributed by atoms with E-state index in [9.17, 15) is 13.2 Å². The first-order chi connectivity index (χ1) is 9.52. The molecule has 0 saturated heterocycles. The van der Waals surface area contributed by atoms with Gasteiger partial charge in [0.1, 0.15) is 5.82 Å². The summed E-state index contributed by atoms with van der Waals surface area (Å²) in [6.45, 7) is 0.509. The average Bonchev–Trinajstić information content (AvgIpc) is 2.68. The lowest BCUT2D eigenvalue weighted by Gasteiger charge is -2.09.